The number of β-amino-alcohol motifs (C(OH)–C–C–N with tert-alkyl or cyclic N) is 1. The minimum Gasteiger partial charge on any atom is -0.491 e. The molecular formula is C18H27NO3. The number of aliphatic hydroxyl groups excluding tert-OH is 1. The largest absolute Gasteiger partial charge is 0.491 e. The van der Waals surface area contributed by atoms with E-state index in [4.69, 9.17) is 4.74 Å². The fourth-order valence-electron chi connectivity index (χ4n) is 2.89. The first-order chi connectivity index (χ1) is 10.6. The second-order valence-electron chi connectivity index (χ2n) is 6.11. The summed E-state index contributed by atoms with van der Waals surface area (Å²) in [6, 6.07) is 7.68. The van der Waals surface area contributed by atoms with E-state index in [9.17, 15) is 9.90 Å². The van der Waals surface area contributed by atoms with Crippen LogP contribution in [-0.4, -0.2) is 47.6 Å². The van der Waals surface area contributed by atoms with Crippen molar-refractivity contribution in [3.8, 4) is 5.75 Å². The average Bonchev–Trinajstić information content (AvgIpc) is 2.55. The van der Waals surface area contributed by atoms with E-state index in [1.165, 1.54) is 19.3 Å². The number of piperidine rings is 1. The van der Waals surface area contributed by atoms with Crippen LogP contribution < -0.4 is 4.74 Å². The molecule has 1 heterocycles. The van der Waals surface area contributed by atoms with E-state index >= 15 is 0 Å². The summed E-state index contributed by atoms with van der Waals surface area (Å²) in [5.41, 5.74) is 0.706. The number of carbonyl (C=O) groups excluding carboxylic acids is 1. The number of hydrogen-bond acceptors (Lipinski definition) is 4. The van der Waals surface area contributed by atoms with Crippen LogP contribution in [0.25, 0.3) is 0 Å². The van der Waals surface area contributed by atoms with Gasteiger partial charge < -0.3 is 9.84 Å². The number of benzene rings is 1. The molecule has 0 radical (unpaired) electrons. The lowest BCUT2D eigenvalue weighted by atomic mass is 10.0. The highest BCUT2D eigenvalue weighted by Crippen LogP contribution is 2.17. The SMILES string of the molecule is CCC(=O)c1ccc(OC[C@H](O)CN2CCCC[C@@H]2C)cc1. The molecule has 0 bridgehead atoms. The van der Waals surface area contributed by atoms with E-state index in [-0.39, 0.29) is 12.4 Å². The molecule has 1 saturated heterocycles. The topological polar surface area (TPSA) is 49.8 Å². The van der Waals surface area contributed by atoms with Crippen molar-refractivity contribution in [3.05, 3.63) is 29.8 Å². The molecule has 1 aliphatic heterocycles. The van der Waals surface area contributed by atoms with Gasteiger partial charge in [-0.05, 0) is 50.6 Å². The Morgan fingerprint density at radius 3 is 2.73 bits per heavy atom. The van der Waals surface area contributed by atoms with Crippen molar-refractivity contribution in [1.29, 1.82) is 0 Å². The molecule has 2 atom stereocenters. The van der Waals surface area contributed by atoms with Crippen LogP contribution >= 0.6 is 0 Å². The summed E-state index contributed by atoms with van der Waals surface area (Å²) in [4.78, 5) is 13.9. The minimum absolute atomic E-state index is 0.130. The summed E-state index contributed by atoms with van der Waals surface area (Å²) in [5.74, 6) is 0.823. The maximum Gasteiger partial charge on any atom is 0.162 e. The second kappa shape index (κ2) is 8.30. The Hall–Kier alpha value is -1.39. The Labute approximate surface area is 133 Å². The lowest BCUT2D eigenvalue weighted by Crippen LogP contribution is -2.43. The zero-order chi connectivity index (χ0) is 15.9. The molecule has 0 amide bonds. The number of nitrogens with zero attached hydrogens (tertiary/aromatic N) is 1. The summed E-state index contributed by atoms with van der Waals surface area (Å²) >= 11 is 0. The monoisotopic (exact) mass is 305 g/mol. The molecule has 1 aromatic carbocycles. The van der Waals surface area contributed by atoms with Gasteiger partial charge >= 0.3 is 0 Å². The van der Waals surface area contributed by atoms with Gasteiger partial charge in [0.1, 0.15) is 18.5 Å². The van der Waals surface area contributed by atoms with E-state index in [2.05, 4.69) is 11.8 Å². The fourth-order valence-corrected chi connectivity index (χ4v) is 2.89. The van der Waals surface area contributed by atoms with Gasteiger partial charge in [0.15, 0.2) is 5.78 Å². The third-order valence-corrected chi connectivity index (χ3v) is 4.33. The van der Waals surface area contributed by atoms with Crippen molar-refractivity contribution >= 4 is 5.78 Å². The van der Waals surface area contributed by atoms with Crippen LogP contribution in [0.5, 0.6) is 5.75 Å². The van der Waals surface area contributed by atoms with Gasteiger partial charge in [0.2, 0.25) is 0 Å². The minimum atomic E-state index is -0.488. The van der Waals surface area contributed by atoms with Crippen LogP contribution in [0.3, 0.4) is 0 Å². The predicted octanol–water partition coefficient (Wildman–Crippen LogP) is 2.89. The van der Waals surface area contributed by atoms with Gasteiger partial charge in [-0.25, -0.2) is 0 Å². The highest BCUT2D eigenvalue weighted by Gasteiger charge is 2.20. The predicted molar refractivity (Wildman–Crippen MR) is 87.5 cm³/mol. The maximum absolute atomic E-state index is 11.6. The molecule has 1 aromatic rings. The lowest BCUT2D eigenvalue weighted by Gasteiger charge is -2.34. The Kier molecular flexibility index (Phi) is 6.40. The molecule has 1 N–H and O–H groups in total. The van der Waals surface area contributed by atoms with Crippen LogP contribution in [0.15, 0.2) is 24.3 Å². The van der Waals surface area contributed by atoms with E-state index < -0.39 is 6.10 Å². The molecule has 0 aliphatic carbocycles. The van der Waals surface area contributed by atoms with Gasteiger partial charge in [0, 0.05) is 24.6 Å². The Morgan fingerprint density at radius 2 is 2.09 bits per heavy atom. The number of rotatable bonds is 7. The molecule has 4 heteroatoms. The van der Waals surface area contributed by atoms with Crippen LogP contribution in [0.4, 0.5) is 0 Å². The van der Waals surface area contributed by atoms with Gasteiger partial charge in [-0.2, -0.15) is 0 Å². The van der Waals surface area contributed by atoms with Gasteiger partial charge in [-0.3, -0.25) is 9.69 Å². The molecular weight excluding hydrogens is 278 g/mol. The van der Waals surface area contributed by atoms with Gasteiger partial charge in [-0.1, -0.05) is 13.3 Å². The highest BCUT2D eigenvalue weighted by molar-refractivity contribution is 5.95. The molecule has 22 heavy (non-hydrogen) atoms. The average molecular weight is 305 g/mol. The molecule has 0 spiro atoms. The fraction of sp³-hybridized carbons (Fsp3) is 0.611. The van der Waals surface area contributed by atoms with Gasteiger partial charge in [-0.15, -0.1) is 0 Å². The molecule has 0 saturated carbocycles. The molecule has 1 aliphatic rings. The van der Waals surface area contributed by atoms with Crippen molar-refractivity contribution in [1.82, 2.24) is 4.90 Å². The van der Waals surface area contributed by atoms with E-state index in [0.29, 0.717) is 30.3 Å². The summed E-state index contributed by atoms with van der Waals surface area (Å²) in [5, 5.41) is 10.1. The number of aliphatic hydroxyl groups is 1. The first kappa shape index (κ1) is 17.0. The molecule has 0 unspecified atom stereocenters. The standard InChI is InChI=1S/C18H27NO3/c1-3-18(21)15-7-9-17(10-8-15)22-13-16(20)12-19-11-5-4-6-14(19)2/h7-10,14,16,20H,3-6,11-13H2,1-2H3/t14-,16+/m0/s1. The van der Waals surface area contributed by atoms with Crippen LogP contribution in [-0.2, 0) is 0 Å². The van der Waals surface area contributed by atoms with Crippen molar-refractivity contribution in [2.24, 2.45) is 0 Å². The number of hydrogen-bond donors (Lipinski definition) is 1. The molecule has 1 fully saturated rings. The smallest absolute Gasteiger partial charge is 0.162 e. The quantitative estimate of drug-likeness (QED) is 0.787. The van der Waals surface area contributed by atoms with Crippen LogP contribution in [0, 0.1) is 0 Å². The van der Waals surface area contributed by atoms with Crippen molar-refractivity contribution in [3.63, 3.8) is 0 Å². The third-order valence-electron chi connectivity index (χ3n) is 4.33. The Balaban J connectivity index is 1.78. The summed E-state index contributed by atoms with van der Waals surface area (Å²) < 4.78 is 5.62. The number of likely N-dealkylation sites (tertiary alicyclic amines) is 1. The highest BCUT2D eigenvalue weighted by atomic mass is 16.5. The lowest BCUT2D eigenvalue weighted by molar-refractivity contribution is 0.0438. The number of ketones is 1. The Morgan fingerprint density at radius 1 is 1.36 bits per heavy atom. The molecule has 4 nitrogen and oxygen atoms in total. The maximum atomic E-state index is 11.6. The first-order valence-electron chi connectivity index (χ1n) is 8.28. The molecule has 122 valence electrons. The van der Waals surface area contributed by atoms with Gasteiger partial charge in [0.05, 0.1) is 0 Å². The zero-order valence-electron chi connectivity index (χ0n) is 13.6. The summed E-state index contributed by atoms with van der Waals surface area (Å²) in [7, 11) is 0. The molecule has 2 rings (SSSR count). The zero-order valence-corrected chi connectivity index (χ0v) is 13.6. The Bertz CT molecular complexity index is 472. The number of carbonyl (C=O) groups is 1. The third kappa shape index (κ3) is 4.82. The van der Waals surface area contributed by atoms with Crippen LogP contribution in [0.1, 0.15) is 49.9 Å². The second-order valence-corrected chi connectivity index (χ2v) is 6.11. The first-order valence-corrected chi connectivity index (χ1v) is 8.28. The van der Waals surface area contributed by atoms with E-state index in [1.54, 1.807) is 24.3 Å². The van der Waals surface area contributed by atoms with Gasteiger partial charge in [0.25, 0.3) is 0 Å². The normalized spacial score (nSPS) is 20.6. The van der Waals surface area contributed by atoms with E-state index in [0.717, 1.165) is 6.54 Å². The van der Waals surface area contributed by atoms with E-state index in [1.807, 2.05) is 6.92 Å². The number of Topliss-reactive ketones (excluding diaryl/α,β-unsaturated/α-hetero) is 1. The van der Waals surface area contributed by atoms with Crippen molar-refractivity contribution in [2.75, 3.05) is 19.7 Å². The number of ether oxygens (including phenoxy) is 1. The summed E-state index contributed by atoms with van der Waals surface area (Å²) in [6.45, 7) is 6.07. The van der Waals surface area contributed by atoms with Crippen molar-refractivity contribution in [2.45, 2.75) is 51.7 Å². The van der Waals surface area contributed by atoms with Crippen LogP contribution in [0.2, 0.25) is 0 Å². The molecule has 0 aromatic heterocycles. The summed E-state index contributed by atoms with van der Waals surface area (Å²) in [6.07, 6.45) is 3.73. The van der Waals surface area contributed by atoms with Crippen molar-refractivity contribution < 1.29 is 14.6 Å².